The number of rotatable bonds is 8. The van der Waals surface area contributed by atoms with Gasteiger partial charge in [0.05, 0.1) is 10.0 Å². The smallest absolute Gasteiger partial charge is 0.335 e. The van der Waals surface area contributed by atoms with Gasteiger partial charge in [-0.3, -0.25) is 4.90 Å². The van der Waals surface area contributed by atoms with Crippen molar-refractivity contribution in [2.75, 3.05) is 26.7 Å². The zero-order valence-electron chi connectivity index (χ0n) is 23.3. The van der Waals surface area contributed by atoms with E-state index < -0.39 is 42.3 Å². The van der Waals surface area contributed by atoms with E-state index in [1.807, 2.05) is 37.0 Å². The average molecular weight is 644 g/mol. The molecule has 3 aromatic rings. The van der Waals surface area contributed by atoms with Crippen LogP contribution in [-0.4, -0.2) is 91.0 Å². The number of carboxylic acids is 2. The maximum atomic E-state index is 14.4. The Hall–Kier alpha value is -3.05. The van der Waals surface area contributed by atoms with E-state index in [1.165, 1.54) is 17.4 Å². The Morgan fingerprint density at radius 3 is 2.44 bits per heavy atom. The number of halogens is 3. The van der Waals surface area contributed by atoms with Gasteiger partial charge in [-0.2, -0.15) is 13.9 Å². The summed E-state index contributed by atoms with van der Waals surface area (Å²) < 4.78 is 36.8. The summed E-state index contributed by atoms with van der Waals surface area (Å²) in [6, 6.07) is 5.38. The van der Waals surface area contributed by atoms with Crippen LogP contribution in [0.2, 0.25) is 4.34 Å². The summed E-state index contributed by atoms with van der Waals surface area (Å²) in [5, 5.41) is 40.4. The number of carbonyl (C=O) groups is 2. The van der Waals surface area contributed by atoms with E-state index in [0.29, 0.717) is 28.6 Å². The molecular weight excluding hydrogens is 612 g/mol. The number of pyridine rings is 1. The molecule has 0 unspecified atom stereocenters. The highest BCUT2D eigenvalue weighted by molar-refractivity contribution is 7.16. The van der Waals surface area contributed by atoms with Crippen LogP contribution in [0.1, 0.15) is 40.1 Å². The number of fused-ring (bicyclic) bond motifs is 2. The largest absolute Gasteiger partial charge is 0.479 e. The average Bonchev–Trinajstić information content (AvgIpc) is 3.55. The quantitative estimate of drug-likeness (QED) is 0.244. The second-order valence-electron chi connectivity index (χ2n) is 10.3. The third-order valence-corrected chi connectivity index (χ3v) is 8.80. The lowest BCUT2D eigenvalue weighted by Gasteiger charge is -2.45. The Bertz CT molecular complexity index is 1440. The van der Waals surface area contributed by atoms with Gasteiger partial charge in [0, 0.05) is 60.1 Å². The number of nitrogens with zero attached hydrogens (tertiary/aromatic N) is 4. The molecule has 0 bridgehead atoms. The van der Waals surface area contributed by atoms with Crippen LogP contribution < -0.4 is 5.32 Å². The van der Waals surface area contributed by atoms with Crippen molar-refractivity contribution >= 4 is 34.9 Å². The second kappa shape index (κ2) is 13.3. The molecule has 5 rings (SSSR count). The van der Waals surface area contributed by atoms with Gasteiger partial charge in [-0.1, -0.05) is 17.7 Å². The number of hydrogen-bond acceptors (Lipinski definition) is 10. The molecule has 0 saturated carbocycles. The Labute approximate surface area is 254 Å². The van der Waals surface area contributed by atoms with E-state index in [1.54, 1.807) is 6.20 Å². The van der Waals surface area contributed by atoms with Crippen molar-refractivity contribution in [2.45, 2.75) is 56.6 Å². The molecule has 12 nitrogen and oxygen atoms in total. The Kier molecular flexibility index (Phi) is 10.2. The first-order valence-electron chi connectivity index (χ1n) is 13.3. The number of hydrogen-bond donors (Lipinski definition) is 5. The van der Waals surface area contributed by atoms with Crippen LogP contribution >= 0.6 is 22.9 Å². The molecule has 234 valence electrons. The lowest BCUT2D eigenvalue weighted by Crippen LogP contribution is -2.48. The number of carboxylic acid groups (broad SMARTS) is 2. The maximum Gasteiger partial charge on any atom is 0.335 e. The number of alkyl halides is 2. The van der Waals surface area contributed by atoms with Crippen LogP contribution in [0.3, 0.4) is 0 Å². The summed E-state index contributed by atoms with van der Waals surface area (Å²) in [5.74, 6) is -5.70. The number of nitrogens with one attached hydrogen (secondary N) is 1. The van der Waals surface area contributed by atoms with Gasteiger partial charge in [0.25, 0.3) is 5.92 Å². The first-order chi connectivity index (χ1) is 20.3. The predicted molar refractivity (Wildman–Crippen MR) is 152 cm³/mol. The zero-order valence-corrected chi connectivity index (χ0v) is 24.9. The molecule has 0 aromatic carbocycles. The second-order valence-corrected chi connectivity index (χ2v) is 12.0. The number of aryl methyl sites for hydroxylation is 1. The van der Waals surface area contributed by atoms with Gasteiger partial charge >= 0.3 is 11.9 Å². The Morgan fingerprint density at radius 2 is 1.84 bits per heavy atom. The lowest BCUT2D eigenvalue weighted by atomic mass is 9.84. The van der Waals surface area contributed by atoms with E-state index in [0.717, 1.165) is 42.3 Å². The molecule has 0 radical (unpaired) electrons. The molecule has 1 fully saturated rings. The van der Waals surface area contributed by atoms with Gasteiger partial charge in [0.2, 0.25) is 0 Å². The molecule has 16 heteroatoms. The third-order valence-electron chi connectivity index (χ3n) is 7.35. The molecule has 5 N–H and O–H groups in total. The van der Waals surface area contributed by atoms with E-state index in [9.17, 15) is 18.4 Å². The summed E-state index contributed by atoms with van der Waals surface area (Å²) in [5.41, 5.74) is 2.54. The van der Waals surface area contributed by atoms with Gasteiger partial charge in [-0.25, -0.2) is 19.3 Å². The number of piperidine rings is 1. The van der Waals surface area contributed by atoms with Crippen molar-refractivity contribution in [3.63, 3.8) is 0 Å². The van der Waals surface area contributed by atoms with E-state index in [-0.39, 0.29) is 5.56 Å². The Morgan fingerprint density at radius 1 is 1.19 bits per heavy atom. The SMILES string of the molecule is CNCc1cccnc1-n1cc(CN2CCC3(CC2)OCC(F)(F)c2cc(Cl)sc23)c(C)n1.O=C(O)[C@H](O)[C@@H](O)C(=O)O. The monoisotopic (exact) mass is 643 g/mol. The molecule has 0 aliphatic carbocycles. The summed E-state index contributed by atoms with van der Waals surface area (Å²) in [4.78, 5) is 27.0. The number of aromatic nitrogens is 3. The molecule has 1 spiro atoms. The topological polar surface area (TPSA) is 170 Å². The van der Waals surface area contributed by atoms with Gasteiger partial charge in [0.15, 0.2) is 18.0 Å². The van der Waals surface area contributed by atoms with Crippen molar-refractivity contribution in [1.82, 2.24) is 25.0 Å². The fraction of sp³-hybridized carbons (Fsp3) is 0.481. The normalized spacial score (nSPS) is 18.8. The van der Waals surface area contributed by atoms with Crippen molar-refractivity contribution < 1.29 is 43.5 Å². The van der Waals surface area contributed by atoms with Gasteiger partial charge in [-0.05, 0) is 38.9 Å². The fourth-order valence-electron chi connectivity index (χ4n) is 5.02. The van der Waals surface area contributed by atoms with Gasteiger partial charge in [0.1, 0.15) is 12.2 Å². The highest BCUT2D eigenvalue weighted by atomic mass is 35.5. The lowest BCUT2D eigenvalue weighted by molar-refractivity contribution is -0.182. The van der Waals surface area contributed by atoms with Gasteiger partial charge in [-0.15, -0.1) is 11.3 Å². The van der Waals surface area contributed by atoms with Crippen molar-refractivity contribution in [1.29, 1.82) is 0 Å². The summed E-state index contributed by atoms with van der Waals surface area (Å²) in [7, 11) is 1.91. The number of thiophene rings is 1. The van der Waals surface area contributed by atoms with Crippen molar-refractivity contribution in [3.05, 3.63) is 62.2 Å². The minimum atomic E-state index is -2.98. The highest BCUT2D eigenvalue weighted by Crippen LogP contribution is 2.52. The van der Waals surface area contributed by atoms with Crippen LogP contribution in [0.15, 0.2) is 30.6 Å². The number of likely N-dealkylation sites (tertiary alicyclic amines) is 1. The summed E-state index contributed by atoms with van der Waals surface area (Å²) in [6.45, 7) is 4.37. The fourth-order valence-corrected chi connectivity index (χ4v) is 6.50. The zero-order chi connectivity index (χ0) is 31.5. The van der Waals surface area contributed by atoms with Crippen molar-refractivity contribution in [2.24, 2.45) is 0 Å². The minimum Gasteiger partial charge on any atom is -0.479 e. The molecule has 2 aliphatic rings. The first-order valence-corrected chi connectivity index (χ1v) is 14.5. The minimum absolute atomic E-state index is 0.0436. The number of aliphatic hydroxyl groups excluding tert-OH is 2. The number of ether oxygens (including phenoxy) is 1. The maximum absolute atomic E-state index is 14.4. The number of aliphatic carboxylic acids is 2. The molecule has 2 atom stereocenters. The first kappa shape index (κ1) is 32.9. The van der Waals surface area contributed by atoms with Gasteiger partial charge < -0.3 is 30.5 Å². The highest BCUT2D eigenvalue weighted by Gasteiger charge is 2.51. The Balaban J connectivity index is 0.000000365. The molecule has 0 amide bonds. The van der Waals surface area contributed by atoms with Crippen LogP contribution in [0.25, 0.3) is 5.82 Å². The standard InChI is InChI=1S/C23H26ClF2N5OS.C4H6O6/c1-15-17(13-31(29-15)21-16(11-27-2)4-3-7-28-21)12-30-8-5-22(6-9-30)20-18(10-19(24)33-20)23(25,26)14-32-22;5-1(3(7)8)2(6)4(9)10/h3-4,7,10,13,27H,5-6,8-9,11-12,14H2,1-2H3;1-2,5-6H,(H,7,8)(H,9,10)/t;1-,2-/m.1/s1. The molecule has 2 aliphatic heterocycles. The molecule has 5 heterocycles. The molecule has 43 heavy (non-hydrogen) atoms. The molecule has 3 aromatic heterocycles. The number of aliphatic hydroxyl groups is 2. The van der Waals surface area contributed by atoms with Crippen LogP contribution in [0.5, 0.6) is 0 Å². The van der Waals surface area contributed by atoms with Crippen LogP contribution in [-0.2, 0) is 38.9 Å². The summed E-state index contributed by atoms with van der Waals surface area (Å²) in [6.07, 6.45) is 0.596. The van der Waals surface area contributed by atoms with Crippen molar-refractivity contribution in [3.8, 4) is 5.82 Å². The third kappa shape index (κ3) is 7.20. The molecular formula is C27H32ClF2N5O7S. The predicted octanol–water partition coefficient (Wildman–Crippen LogP) is 2.50. The molecule has 1 saturated heterocycles. The van der Waals surface area contributed by atoms with Crippen LogP contribution in [0, 0.1) is 6.92 Å². The summed E-state index contributed by atoms with van der Waals surface area (Å²) >= 11 is 7.35. The van der Waals surface area contributed by atoms with E-state index >= 15 is 0 Å². The van der Waals surface area contributed by atoms with Crippen LogP contribution in [0.4, 0.5) is 8.78 Å². The van der Waals surface area contributed by atoms with E-state index in [4.69, 9.17) is 41.9 Å². The van der Waals surface area contributed by atoms with E-state index in [2.05, 4.69) is 15.2 Å².